The lowest BCUT2D eigenvalue weighted by molar-refractivity contribution is 0.230. The van der Waals surface area contributed by atoms with E-state index in [2.05, 4.69) is 20.9 Å². The zero-order chi connectivity index (χ0) is 8.32. The molecule has 0 amide bonds. The van der Waals surface area contributed by atoms with Gasteiger partial charge >= 0.3 is 0 Å². The smallest absolute Gasteiger partial charge is 0.142 e. The lowest BCUT2D eigenvalue weighted by atomic mass is 10.0. The van der Waals surface area contributed by atoms with Crippen molar-refractivity contribution in [2.45, 2.75) is 12.6 Å². The van der Waals surface area contributed by atoms with Gasteiger partial charge in [-0.15, -0.1) is 0 Å². The molecule has 0 aromatic carbocycles. The van der Waals surface area contributed by atoms with Crippen molar-refractivity contribution in [1.29, 1.82) is 0 Å². The molecule has 0 aliphatic heterocycles. The van der Waals surface area contributed by atoms with Gasteiger partial charge in [-0.05, 0) is 24.6 Å². The highest BCUT2D eigenvalue weighted by molar-refractivity contribution is 9.09. The Morgan fingerprint density at radius 2 is 2.09 bits per heavy atom. The number of pyridine rings is 1. The van der Waals surface area contributed by atoms with Gasteiger partial charge in [0.05, 0.1) is 0 Å². The van der Waals surface area contributed by atoms with Gasteiger partial charge in [-0.2, -0.15) is 0 Å². The maximum atomic E-state index is 13.5. The largest absolute Gasteiger partial charge is 0.265 e. The highest BCUT2D eigenvalue weighted by atomic mass is 79.9. The fourth-order valence-electron chi connectivity index (χ4n) is 0.777. The summed E-state index contributed by atoms with van der Waals surface area (Å²) in [4.78, 5) is 3.81. The van der Waals surface area contributed by atoms with Crippen LogP contribution in [-0.4, -0.2) is 10.3 Å². The van der Waals surface area contributed by atoms with Gasteiger partial charge in [0.1, 0.15) is 5.67 Å². The third-order valence-corrected chi connectivity index (χ3v) is 2.59. The Kier molecular flexibility index (Phi) is 2.60. The Labute approximate surface area is 73.8 Å². The first-order chi connectivity index (χ1) is 5.17. The summed E-state index contributed by atoms with van der Waals surface area (Å²) in [5.41, 5.74) is -0.632. The Bertz CT molecular complexity index is 223. The molecule has 1 rings (SSSR count). The molecule has 0 fully saturated rings. The molecule has 1 aromatic heterocycles. The number of alkyl halides is 2. The first-order valence-electron chi connectivity index (χ1n) is 3.32. The van der Waals surface area contributed by atoms with Gasteiger partial charge in [-0.25, -0.2) is 4.39 Å². The molecular weight excluding hydrogens is 209 g/mol. The molecule has 1 heterocycles. The number of nitrogens with zero attached hydrogens (tertiary/aromatic N) is 1. The summed E-state index contributed by atoms with van der Waals surface area (Å²) in [5, 5.41) is 0.310. The van der Waals surface area contributed by atoms with Gasteiger partial charge in [0.25, 0.3) is 0 Å². The topological polar surface area (TPSA) is 12.9 Å². The fraction of sp³-hybridized carbons (Fsp3) is 0.375. The summed E-state index contributed by atoms with van der Waals surface area (Å²) in [7, 11) is 0. The molecule has 0 N–H and O–H groups in total. The molecule has 1 aromatic rings. The SMILES string of the molecule is C[C@@](F)(CBr)c1ccncc1. The monoisotopic (exact) mass is 217 g/mol. The maximum absolute atomic E-state index is 13.5. The Morgan fingerprint density at radius 1 is 1.55 bits per heavy atom. The summed E-state index contributed by atoms with van der Waals surface area (Å²) in [5.74, 6) is 0. The third-order valence-electron chi connectivity index (χ3n) is 1.53. The van der Waals surface area contributed by atoms with Crippen molar-refractivity contribution < 1.29 is 4.39 Å². The first-order valence-corrected chi connectivity index (χ1v) is 4.44. The molecule has 60 valence electrons. The second kappa shape index (κ2) is 3.30. The van der Waals surface area contributed by atoms with E-state index in [4.69, 9.17) is 0 Å². The Hall–Kier alpha value is -0.440. The molecular formula is C8H9BrFN. The van der Waals surface area contributed by atoms with Crippen LogP contribution in [0.25, 0.3) is 0 Å². The zero-order valence-corrected chi connectivity index (χ0v) is 7.81. The lowest BCUT2D eigenvalue weighted by Crippen LogP contribution is -2.16. The van der Waals surface area contributed by atoms with Crippen LogP contribution in [0.2, 0.25) is 0 Å². The molecule has 11 heavy (non-hydrogen) atoms. The van der Waals surface area contributed by atoms with E-state index in [9.17, 15) is 4.39 Å². The lowest BCUT2D eigenvalue weighted by Gasteiger charge is -2.16. The summed E-state index contributed by atoms with van der Waals surface area (Å²) < 4.78 is 13.5. The minimum absolute atomic E-state index is 0.310. The first kappa shape index (κ1) is 8.65. The van der Waals surface area contributed by atoms with E-state index < -0.39 is 5.67 Å². The van der Waals surface area contributed by atoms with Crippen LogP contribution in [0.5, 0.6) is 0 Å². The summed E-state index contributed by atoms with van der Waals surface area (Å²) in [6.45, 7) is 1.54. The van der Waals surface area contributed by atoms with Crippen molar-refractivity contribution in [3.63, 3.8) is 0 Å². The minimum atomic E-state index is -1.29. The summed E-state index contributed by atoms with van der Waals surface area (Å²) in [6, 6.07) is 3.36. The van der Waals surface area contributed by atoms with Crippen molar-refractivity contribution in [1.82, 2.24) is 4.98 Å². The van der Waals surface area contributed by atoms with E-state index in [0.29, 0.717) is 10.9 Å². The second-order valence-corrected chi connectivity index (χ2v) is 3.13. The Morgan fingerprint density at radius 3 is 2.55 bits per heavy atom. The van der Waals surface area contributed by atoms with Crippen molar-refractivity contribution in [2.75, 3.05) is 5.33 Å². The molecule has 0 bridgehead atoms. The van der Waals surface area contributed by atoms with Crippen molar-refractivity contribution in [3.8, 4) is 0 Å². The number of halogens is 2. The van der Waals surface area contributed by atoms with E-state index in [-0.39, 0.29) is 0 Å². The summed E-state index contributed by atoms with van der Waals surface area (Å²) >= 11 is 3.11. The van der Waals surface area contributed by atoms with Crippen molar-refractivity contribution >= 4 is 15.9 Å². The molecule has 0 unspecified atom stereocenters. The molecule has 0 aliphatic carbocycles. The van der Waals surface area contributed by atoms with Gasteiger partial charge in [0, 0.05) is 17.7 Å². The van der Waals surface area contributed by atoms with E-state index in [1.807, 2.05) is 0 Å². The van der Waals surface area contributed by atoms with Crippen LogP contribution in [0.3, 0.4) is 0 Å². The van der Waals surface area contributed by atoms with Crippen molar-refractivity contribution in [3.05, 3.63) is 30.1 Å². The second-order valence-electron chi connectivity index (χ2n) is 2.57. The molecule has 0 spiro atoms. The van der Waals surface area contributed by atoms with Crippen LogP contribution in [-0.2, 0) is 5.67 Å². The van der Waals surface area contributed by atoms with Crippen LogP contribution in [0.1, 0.15) is 12.5 Å². The maximum Gasteiger partial charge on any atom is 0.142 e. The molecule has 0 radical (unpaired) electrons. The molecule has 0 saturated heterocycles. The molecule has 1 nitrogen and oxygen atoms in total. The van der Waals surface area contributed by atoms with Gasteiger partial charge in [0.2, 0.25) is 0 Å². The molecule has 3 heteroatoms. The van der Waals surface area contributed by atoms with E-state index in [1.54, 1.807) is 24.5 Å². The predicted octanol–water partition coefficient (Wildman–Crippen LogP) is 2.66. The van der Waals surface area contributed by atoms with Gasteiger partial charge < -0.3 is 0 Å². The van der Waals surface area contributed by atoms with Gasteiger partial charge in [-0.1, -0.05) is 15.9 Å². The van der Waals surface area contributed by atoms with E-state index in [1.165, 1.54) is 6.92 Å². The van der Waals surface area contributed by atoms with E-state index >= 15 is 0 Å². The normalized spacial score (nSPS) is 15.9. The number of hydrogen-bond donors (Lipinski definition) is 0. The third kappa shape index (κ3) is 1.99. The quantitative estimate of drug-likeness (QED) is 0.695. The fourth-order valence-corrected chi connectivity index (χ4v) is 1.10. The Balaban J connectivity index is 2.93. The minimum Gasteiger partial charge on any atom is -0.265 e. The van der Waals surface area contributed by atoms with Crippen LogP contribution >= 0.6 is 15.9 Å². The van der Waals surface area contributed by atoms with Crippen LogP contribution in [0.4, 0.5) is 4.39 Å². The van der Waals surface area contributed by atoms with E-state index in [0.717, 1.165) is 0 Å². The highest BCUT2D eigenvalue weighted by Crippen LogP contribution is 2.26. The number of rotatable bonds is 2. The van der Waals surface area contributed by atoms with Crippen molar-refractivity contribution in [2.24, 2.45) is 0 Å². The van der Waals surface area contributed by atoms with Gasteiger partial charge in [0.15, 0.2) is 0 Å². The molecule has 0 saturated carbocycles. The van der Waals surface area contributed by atoms with Crippen LogP contribution < -0.4 is 0 Å². The van der Waals surface area contributed by atoms with Crippen LogP contribution in [0, 0.1) is 0 Å². The summed E-state index contributed by atoms with van der Waals surface area (Å²) in [6.07, 6.45) is 3.19. The van der Waals surface area contributed by atoms with Crippen LogP contribution in [0.15, 0.2) is 24.5 Å². The highest BCUT2D eigenvalue weighted by Gasteiger charge is 2.23. The number of aromatic nitrogens is 1. The average molecular weight is 218 g/mol. The predicted molar refractivity (Wildman–Crippen MR) is 46.5 cm³/mol. The molecule has 0 aliphatic rings. The average Bonchev–Trinajstić information content (AvgIpc) is 2.06. The van der Waals surface area contributed by atoms with Gasteiger partial charge in [-0.3, -0.25) is 4.98 Å². The number of hydrogen-bond acceptors (Lipinski definition) is 1. The standard InChI is InChI=1S/C8H9BrFN/c1-8(10,6-9)7-2-4-11-5-3-7/h2-5H,6H2,1H3/t8-/m1/s1. The molecule has 1 atom stereocenters. The zero-order valence-electron chi connectivity index (χ0n) is 6.22.